The van der Waals surface area contributed by atoms with Gasteiger partial charge in [0, 0.05) is 31.5 Å². The van der Waals surface area contributed by atoms with E-state index in [0.29, 0.717) is 13.0 Å². The Labute approximate surface area is 306 Å². The lowest BCUT2D eigenvalue weighted by atomic mass is 9.68. The number of carbonyl (C=O) groups is 1. The molecular weight excluding hydrogens is 660 g/mol. The maximum atomic E-state index is 14.5. The van der Waals surface area contributed by atoms with Gasteiger partial charge in [-0.25, -0.2) is 0 Å². The summed E-state index contributed by atoms with van der Waals surface area (Å²) in [4.78, 5) is 16.4. The zero-order valence-electron chi connectivity index (χ0n) is 33.8. The average molecular weight is 733 g/mol. The lowest BCUT2D eigenvalue weighted by molar-refractivity contribution is -0.302. The van der Waals surface area contributed by atoms with Crippen LogP contribution < -0.4 is 5.32 Å². The first-order chi connectivity index (χ1) is 23.4. The average Bonchev–Trinajstić information content (AvgIpc) is 3.04. The summed E-state index contributed by atoms with van der Waals surface area (Å²) in [7, 11) is 5.32. The van der Waals surface area contributed by atoms with Crippen LogP contribution in [0.25, 0.3) is 0 Å². The second-order valence-electron chi connectivity index (χ2n) is 17.4. The molecule has 0 bridgehead atoms. The van der Waals surface area contributed by atoms with Crippen molar-refractivity contribution in [2.75, 3.05) is 27.7 Å². The van der Waals surface area contributed by atoms with Gasteiger partial charge in [0.15, 0.2) is 6.29 Å². The highest BCUT2D eigenvalue weighted by atomic mass is 16.7. The number of rotatable bonds is 6. The second-order valence-corrected chi connectivity index (χ2v) is 17.4. The van der Waals surface area contributed by atoms with Gasteiger partial charge in [-0.1, -0.05) is 27.7 Å². The molecule has 13 nitrogen and oxygen atoms in total. The van der Waals surface area contributed by atoms with Crippen LogP contribution in [-0.2, 0) is 28.5 Å². The molecule has 0 saturated carbocycles. The standard InChI is InChI=1S/C38H72N2O11/c1-15-37(10)38(11,46)30(42)24(6)39-19-20(2)17-35(8,45)32(50-34-29(41)26(40(12)13)16-21(3)48-34)22(4)28(23(5)33(44)51-37)27-18-36(9,47-14)31(43)25(7)49-27/h20-32,34,39,41-43,45-46H,15-19H2,1-14H3/t20-,21-,22+,23-,24-,25+,26+,27?,28+,29-,30-,31+,32-,34+,35-,36-,37-,38+/m1/s1. The second kappa shape index (κ2) is 16.8. The highest BCUT2D eigenvalue weighted by Gasteiger charge is 2.56. The molecule has 3 saturated heterocycles. The zero-order chi connectivity index (χ0) is 39.0. The molecule has 1 unspecified atom stereocenters. The number of nitrogens with zero attached hydrogens (tertiary/aromatic N) is 1. The largest absolute Gasteiger partial charge is 0.456 e. The number of likely N-dealkylation sites (N-methyl/N-ethyl adjacent to an activating group) is 1. The minimum Gasteiger partial charge on any atom is -0.456 e. The summed E-state index contributed by atoms with van der Waals surface area (Å²) in [6.45, 7) is 19.9. The summed E-state index contributed by atoms with van der Waals surface area (Å²) in [5, 5.41) is 61.9. The number of cyclic esters (lactones) is 1. The van der Waals surface area contributed by atoms with Crippen LogP contribution in [0, 0.1) is 23.7 Å². The first-order valence-electron chi connectivity index (χ1n) is 19.0. The van der Waals surface area contributed by atoms with Crippen LogP contribution in [0.2, 0.25) is 0 Å². The summed E-state index contributed by atoms with van der Waals surface area (Å²) in [5.74, 6) is -2.96. The highest BCUT2D eigenvalue weighted by Crippen LogP contribution is 2.45. The maximum absolute atomic E-state index is 14.5. The van der Waals surface area contributed by atoms with Crippen molar-refractivity contribution in [3.05, 3.63) is 0 Å². The smallest absolute Gasteiger partial charge is 0.309 e. The number of aliphatic hydroxyl groups is 5. The fourth-order valence-corrected chi connectivity index (χ4v) is 9.00. The first kappa shape index (κ1) is 44.4. The van der Waals surface area contributed by atoms with Crippen molar-refractivity contribution in [1.82, 2.24) is 10.2 Å². The van der Waals surface area contributed by atoms with Gasteiger partial charge in [-0.15, -0.1) is 0 Å². The van der Waals surface area contributed by atoms with E-state index in [1.165, 1.54) is 14.0 Å². The molecule has 0 aromatic heterocycles. The van der Waals surface area contributed by atoms with Gasteiger partial charge in [0.1, 0.15) is 29.5 Å². The molecule has 13 heteroatoms. The van der Waals surface area contributed by atoms with E-state index in [2.05, 4.69) is 5.32 Å². The van der Waals surface area contributed by atoms with Crippen molar-refractivity contribution in [3.8, 4) is 0 Å². The van der Waals surface area contributed by atoms with Crippen LogP contribution >= 0.6 is 0 Å². The number of hydrogen-bond donors (Lipinski definition) is 6. The van der Waals surface area contributed by atoms with E-state index in [1.807, 2.05) is 46.7 Å². The van der Waals surface area contributed by atoms with Gasteiger partial charge >= 0.3 is 5.97 Å². The topological polar surface area (TPSA) is 180 Å². The number of aliphatic hydroxyl groups excluding tert-OH is 3. The van der Waals surface area contributed by atoms with E-state index < -0.39 is 95.1 Å². The summed E-state index contributed by atoms with van der Waals surface area (Å²) < 4.78 is 31.6. The molecule has 0 spiro atoms. The van der Waals surface area contributed by atoms with Gasteiger partial charge < -0.3 is 59.4 Å². The van der Waals surface area contributed by atoms with Gasteiger partial charge in [-0.3, -0.25) is 4.79 Å². The number of nitrogens with one attached hydrogen (secondary N) is 1. The predicted octanol–water partition coefficient (Wildman–Crippen LogP) is 2.22. The van der Waals surface area contributed by atoms with Crippen LogP contribution in [-0.4, -0.2) is 148 Å². The maximum Gasteiger partial charge on any atom is 0.309 e. The number of ether oxygens (including phenoxy) is 5. The van der Waals surface area contributed by atoms with E-state index in [9.17, 15) is 30.3 Å². The van der Waals surface area contributed by atoms with Crippen molar-refractivity contribution in [2.24, 2.45) is 23.7 Å². The van der Waals surface area contributed by atoms with Crippen LogP contribution in [0.1, 0.15) is 102 Å². The molecule has 0 radical (unpaired) electrons. The molecular formula is C38H72N2O11. The molecule has 0 aromatic carbocycles. The van der Waals surface area contributed by atoms with Gasteiger partial charge in [-0.2, -0.15) is 0 Å². The molecule has 0 aliphatic carbocycles. The van der Waals surface area contributed by atoms with Crippen molar-refractivity contribution >= 4 is 5.97 Å². The molecule has 0 aromatic rings. The molecule has 3 aliphatic rings. The SMILES string of the molecule is CC[C@@]1(C)OC(=O)[C@H](C)[C@@H](C2C[C@@](C)(OC)[C@@H](O)[C@H](C)O2)[C@H](C)[C@@H](O[C@@H]2O[C@H](C)C[C@H](N(C)C)[C@H]2O)[C@](C)(O)C[C@@H](C)CN[C@H](C)[C@@H](O)[C@]1(C)O. The monoisotopic (exact) mass is 733 g/mol. The van der Waals surface area contributed by atoms with E-state index in [4.69, 9.17) is 23.7 Å². The molecule has 3 rings (SSSR count). The molecule has 3 fully saturated rings. The van der Waals surface area contributed by atoms with Gasteiger partial charge in [-0.05, 0) is 100 Å². The molecule has 300 valence electrons. The third-order valence-corrected chi connectivity index (χ3v) is 12.8. The summed E-state index contributed by atoms with van der Waals surface area (Å²) >= 11 is 0. The quantitative estimate of drug-likeness (QED) is 0.219. The van der Waals surface area contributed by atoms with Gasteiger partial charge in [0.05, 0.1) is 41.5 Å². The van der Waals surface area contributed by atoms with Gasteiger partial charge in [0.2, 0.25) is 0 Å². The van der Waals surface area contributed by atoms with E-state index in [-0.39, 0.29) is 37.3 Å². The van der Waals surface area contributed by atoms with E-state index in [0.717, 1.165) is 0 Å². The van der Waals surface area contributed by atoms with Crippen LogP contribution in [0.4, 0.5) is 0 Å². The summed E-state index contributed by atoms with van der Waals surface area (Å²) in [6.07, 6.45) is -5.63. The van der Waals surface area contributed by atoms with Crippen molar-refractivity contribution in [2.45, 2.75) is 185 Å². The number of methoxy groups -OCH3 is 1. The fourth-order valence-electron chi connectivity index (χ4n) is 9.00. The number of hydrogen-bond acceptors (Lipinski definition) is 13. The molecule has 0 amide bonds. The van der Waals surface area contributed by atoms with Crippen molar-refractivity contribution in [1.29, 1.82) is 0 Å². The Morgan fingerprint density at radius 3 is 2.10 bits per heavy atom. The predicted molar refractivity (Wildman–Crippen MR) is 193 cm³/mol. The van der Waals surface area contributed by atoms with Gasteiger partial charge in [0.25, 0.3) is 0 Å². The summed E-state index contributed by atoms with van der Waals surface area (Å²) in [6, 6.07) is -0.850. The minimum atomic E-state index is -1.84. The Hall–Kier alpha value is -0.970. The molecule has 6 N–H and O–H groups in total. The van der Waals surface area contributed by atoms with Crippen molar-refractivity contribution in [3.63, 3.8) is 0 Å². The lowest BCUT2D eigenvalue weighted by Gasteiger charge is -2.51. The fraction of sp³-hybridized carbons (Fsp3) is 0.974. The zero-order valence-corrected chi connectivity index (χ0v) is 33.8. The normalized spacial score (nSPS) is 51.4. The minimum absolute atomic E-state index is 0.141. The Bertz CT molecular complexity index is 1140. The Kier molecular flexibility index (Phi) is 14.6. The molecule has 18 atom stereocenters. The van der Waals surface area contributed by atoms with Crippen LogP contribution in [0.15, 0.2) is 0 Å². The van der Waals surface area contributed by atoms with Crippen LogP contribution in [0.3, 0.4) is 0 Å². The Balaban J connectivity index is 2.24. The Morgan fingerprint density at radius 2 is 1.55 bits per heavy atom. The third-order valence-electron chi connectivity index (χ3n) is 12.8. The third kappa shape index (κ3) is 9.29. The van der Waals surface area contributed by atoms with E-state index in [1.54, 1.807) is 41.5 Å². The lowest BCUT2D eigenvalue weighted by Crippen LogP contribution is -2.64. The number of carbonyl (C=O) groups excluding carboxylic acids is 1. The summed E-state index contributed by atoms with van der Waals surface area (Å²) in [5.41, 5.74) is -5.85. The number of esters is 1. The highest BCUT2D eigenvalue weighted by molar-refractivity contribution is 5.73. The first-order valence-corrected chi connectivity index (χ1v) is 19.0. The Morgan fingerprint density at radius 1 is 0.941 bits per heavy atom. The molecule has 3 aliphatic heterocycles. The van der Waals surface area contributed by atoms with Crippen molar-refractivity contribution < 1.29 is 54.0 Å². The molecule has 3 heterocycles. The van der Waals surface area contributed by atoms with E-state index >= 15 is 0 Å². The molecule has 51 heavy (non-hydrogen) atoms. The van der Waals surface area contributed by atoms with Crippen LogP contribution in [0.5, 0.6) is 0 Å².